The molecule has 0 aliphatic carbocycles. The van der Waals surface area contributed by atoms with Crippen LogP contribution >= 0.6 is 11.3 Å². The van der Waals surface area contributed by atoms with Gasteiger partial charge in [-0.2, -0.15) is 0 Å². The number of aromatic nitrogens is 2. The van der Waals surface area contributed by atoms with E-state index in [1.54, 1.807) is 23.6 Å². The van der Waals surface area contributed by atoms with Crippen molar-refractivity contribution in [2.45, 2.75) is 13.0 Å². The Hall–Kier alpha value is -2.14. The third-order valence-corrected chi connectivity index (χ3v) is 4.41. The molecular formula is C15H12N2O2S. The Morgan fingerprint density at radius 2 is 2.30 bits per heavy atom. The van der Waals surface area contributed by atoms with Gasteiger partial charge in [0, 0.05) is 17.5 Å². The first-order chi connectivity index (χ1) is 9.84. The number of ether oxygens (including phenoxy) is 1. The number of thiophene rings is 1. The predicted molar refractivity (Wildman–Crippen MR) is 78.6 cm³/mol. The lowest BCUT2D eigenvalue weighted by Gasteiger charge is -2.13. The molecule has 0 bridgehead atoms. The molecule has 0 fully saturated rings. The number of nitrogens with zero attached hydrogens (tertiary/aromatic N) is 2. The van der Waals surface area contributed by atoms with Crippen LogP contribution in [0.1, 0.15) is 10.4 Å². The fourth-order valence-corrected chi connectivity index (χ4v) is 3.34. The number of hydrogen-bond donors (Lipinski definition) is 0. The summed E-state index contributed by atoms with van der Waals surface area (Å²) in [6, 6.07) is 7.76. The summed E-state index contributed by atoms with van der Waals surface area (Å²) in [6.07, 6.45) is 2.40. The molecule has 0 aromatic carbocycles. The summed E-state index contributed by atoms with van der Waals surface area (Å²) in [7, 11) is 0. The van der Waals surface area contributed by atoms with E-state index in [2.05, 4.69) is 16.4 Å². The van der Waals surface area contributed by atoms with E-state index in [1.807, 2.05) is 16.7 Å². The molecule has 20 heavy (non-hydrogen) atoms. The van der Waals surface area contributed by atoms with Gasteiger partial charge in [-0.15, -0.1) is 11.3 Å². The van der Waals surface area contributed by atoms with Crippen LogP contribution < -0.4 is 10.2 Å². The molecule has 0 atom stereocenters. The minimum Gasteiger partial charge on any atom is -0.478 e. The quantitative estimate of drug-likeness (QED) is 0.726. The summed E-state index contributed by atoms with van der Waals surface area (Å²) in [5, 5.41) is 2.72. The van der Waals surface area contributed by atoms with Gasteiger partial charge >= 0.3 is 0 Å². The van der Waals surface area contributed by atoms with E-state index in [4.69, 9.17) is 4.74 Å². The minimum absolute atomic E-state index is 0.0584. The normalized spacial score (nSPS) is 13.4. The average Bonchev–Trinajstić information content (AvgIpc) is 3.14. The molecule has 0 amide bonds. The Morgan fingerprint density at radius 3 is 3.15 bits per heavy atom. The van der Waals surface area contributed by atoms with Crippen molar-refractivity contribution in [2.24, 2.45) is 0 Å². The number of rotatable bonds is 2. The first-order valence-corrected chi connectivity index (χ1v) is 7.38. The molecule has 0 unspecified atom stereocenters. The first kappa shape index (κ1) is 11.7. The van der Waals surface area contributed by atoms with Crippen molar-refractivity contribution in [2.75, 3.05) is 6.61 Å². The highest BCUT2D eigenvalue weighted by Gasteiger charge is 2.23. The summed E-state index contributed by atoms with van der Waals surface area (Å²) >= 11 is 1.69. The smallest absolute Gasteiger partial charge is 0.202 e. The third kappa shape index (κ3) is 1.67. The molecule has 0 saturated heterocycles. The lowest BCUT2D eigenvalue weighted by Crippen LogP contribution is -2.15. The van der Waals surface area contributed by atoms with Crippen LogP contribution in [0.4, 0.5) is 0 Å². The van der Waals surface area contributed by atoms with Crippen molar-refractivity contribution < 1.29 is 4.74 Å². The second-order valence-corrected chi connectivity index (χ2v) is 5.78. The van der Waals surface area contributed by atoms with Crippen LogP contribution in [-0.4, -0.2) is 16.2 Å². The number of fused-ring (bicyclic) bond motifs is 2. The fraction of sp³-hybridized carbons (Fsp3) is 0.200. The van der Waals surface area contributed by atoms with E-state index in [9.17, 15) is 4.79 Å². The van der Waals surface area contributed by atoms with E-state index in [-0.39, 0.29) is 5.43 Å². The van der Waals surface area contributed by atoms with Gasteiger partial charge in [0.2, 0.25) is 5.88 Å². The highest BCUT2D eigenvalue weighted by atomic mass is 32.1. The molecule has 4 rings (SSSR count). The van der Waals surface area contributed by atoms with Crippen LogP contribution in [0, 0.1) is 0 Å². The first-order valence-electron chi connectivity index (χ1n) is 6.50. The standard InChI is InChI=1S/C15H12N2O2S/c18-13-11-4-1-6-16-14(11)17(9-10-3-2-8-20-10)15-12(13)5-7-19-15/h1-4,6,8H,5,7,9H2. The van der Waals surface area contributed by atoms with E-state index in [1.165, 1.54) is 4.88 Å². The van der Waals surface area contributed by atoms with Gasteiger partial charge in [0.25, 0.3) is 0 Å². The Kier molecular flexibility index (Phi) is 2.60. The molecule has 1 aliphatic rings. The van der Waals surface area contributed by atoms with Gasteiger partial charge in [-0.3, -0.25) is 9.36 Å². The lowest BCUT2D eigenvalue weighted by molar-refractivity contribution is 0.330. The zero-order valence-electron chi connectivity index (χ0n) is 10.7. The van der Waals surface area contributed by atoms with Crippen molar-refractivity contribution >= 4 is 22.4 Å². The van der Waals surface area contributed by atoms with Crippen LogP contribution in [-0.2, 0) is 13.0 Å². The van der Waals surface area contributed by atoms with Crippen molar-refractivity contribution in [1.29, 1.82) is 0 Å². The molecule has 0 N–H and O–H groups in total. The van der Waals surface area contributed by atoms with E-state index in [0.29, 0.717) is 36.5 Å². The third-order valence-electron chi connectivity index (χ3n) is 3.55. The number of hydrogen-bond acceptors (Lipinski definition) is 4. The highest BCUT2D eigenvalue weighted by molar-refractivity contribution is 7.09. The fourth-order valence-electron chi connectivity index (χ4n) is 2.65. The van der Waals surface area contributed by atoms with Crippen LogP contribution in [0.15, 0.2) is 40.6 Å². The Balaban J connectivity index is 2.03. The van der Waals surface area contributed by atoms with Gasteiger partial charge in [0.15, 0.2) is 5.43 Å². The Bertz CT molecular complexity index is 837. The van der Waals surface area contributed by atoms with Crippen molar-refractivity contribution in [3.05, 3.63) is 56.5 Å². The predicted octanol–water partition coefficient (Wildman–Crippen LogP) is 2.44. The maximum absolute atomic E-state index is 12.4. The number of pyridine rings is 2. The van der Waals surface area contributed by atoms with Crippen molar-refractivity contribution in [3.63, 3.8) is 0 Å². The summed E-state index contributed by atoms with van der Waals surface area (Å²) in [5.74, 6) is 0.689. The van der Waals surface area contributed by atoms with Crippen LogP contribution in [0.3, 0.4) is 0 Å². The maximum atomic E-state index is 12.4. The molecular weight excluding hydrogens is 272 g/mol. The largest absolute Gasteiger partial charge is 0.478 e. The Labute approximate surface area is 119 Å². The van der Waals surface area contributed by atoms with E-state index in [0.717, 1.165) is 5.56 Å². The van der Waals surface area contributed by atoms with E-state index < -0.39 is 0 Å². The molecule has 4 nitrogen and oxygen atoms in total. The van der Waals surface area contributed by atoms with Gasteiger partial charge in [0.05, 0.1) is 24.1 Å². The Morgan fingerprint density at radius 1 is 1.35 bits per heavy atom. The topological polar surface area (TPSA) is 44.1 Å². The molecule has 5 heteroatoms. The minimum atomic E-state index is 0.0584. The van der Waals surface area contributed by atoms with Crippen LogP contribution in [0.2, 0.25) is 0 Å². The van der Waals surface area contributed by atoms with Gasteiger partial charge < -0.3 is 4.74 Å². The molecule has 3 aromatic heterocycles. The molecule has 0 radical (unpaired) electrons. The van der Waals surface area contributed by atoms with Gasteiger partial charge in [-0.05, 0) is 23.6 Å². The highest BCUT2D eigenvalue weighted by Crippen LogP contribution is 2.28. The van der Waals surface area contributed by atoms with Crippen molar-refractivity contribution in [1.82, 2.24) is 9.55 Å². The van der Waals surface area contributed by atoms with Crippen LogP contribution in [0.25, 0.3) is 11.0 Å². The zero-order valence-corrected chi connectivity index (χ0v) is 11.5. The summed E-state index contributed by atoms with van der Waals surface area (Å²) in [4.78, 5) is 18.1. The molecule has 3 aromatic rings. The maximum Gasteiger partial charge on any atom is 0.202 e. The summed E-state index contributed by atoms with van der Waals surface area (Å²) in [6.45, 7) is 1.26. The molecule has 0 spiro atoms. The summed E-state index contributed by atoms with van der Waals surface area (Å²) < 4.78 is 7.71. The SMILES string of the molecule is O=c1c2c(n(Cc3cccs3)c3ncccc13)OCC2. The summed E-state index contributed by atoms with van der Waals surface area (Å²) in [5.41, 5.74) is 1.54. The van der Waals surface area contributed by atoms with Crippen molar-refractivity contribution in [3.8, 4) is 5.88 Å². The molecule has 4 heterocycles. The molecule has 1 aliphatic heterocycles. The molecule has 0 saturated carbocycles. The monoisotopic (exact) mass is 284 g/mol. The van der Waals surface area contributed by atoms with Gasteiger partial charge in [-0.1, -0.05) is 6.07 Å². The van der Waals surface area contributed by atoms with Crippen LogP contribution in [0.5, 0.6) is 5.88 Å². The molecule has 100 valence electrons. The average molecular weight is 284 g/mol. The van der Waals surface area contributed by atoms with E-state index >= 15 is 0 Å². The second kappa shape index (κ2) is 4.45. The second-order valence-electron chi connectivity index (χ2n) is 4.75. The van der Waals surface area contributed by atoms with Gasteiger partial charge in [0.1, 0.15) is 5.65 Å². The van der Waals surface area contributed by atoms with Gasteiger partial charge in [-0.25, -0.2) is 4.98 Å². The lowest BCUT2D eigenvalue weighted by atomic mass is 10.1. The zero-order chi connectivity index (χ0) is 13.5.